The summed E-state index contributed by atoms with van der Waals surface area (Å²) in [6.45, 7) is 0.755. The van der Waals surface area contributed by atoms with Gasteiger partial charge < -0.3 is 10.1 Å². The molecule has 0 aromatic heterocycles. The first-order valence-electron chi connectivity index (χ1n) is 6.01. The number of hydrogen-bond acceptors (Lipinski definition) is 3. The van der Waals surface area contributed by atoms with Crippen LogP contribution in [0.25, 0.3) is 0 Å². The van der Waals surface area contributed by atoms with Crippen molar-refractivity contribution in [3.63, 3.8) is 0 Å². The third-order valence-electron chi connectivity index (χ3n) is 3.10. The molecule has 0 aliphatic carbocycles. The maximum atomic E-state index is 13.1. The van der Waals surface area contributed by atoms with Gasteiger partial charge in [0.05, 0.1) is 12.7 Å². The second kappa shape index (κ2) is 6.50. The molecule has 100 valence electrons. The quantitative estimate of drug-likeness (QED) is 0.909. The zero-order valence-corrected chi connectivity index (χ0v) is 11.1. The lowest BCUT2D eigenvalue weighted by Crippen LogP contribution is -2.44. The third-order valence-corrected chi connectivity index (χ3v) is 4.12. The van der Waals surface area contributed by atoms with E-state index in [1.807, 2.05) is 18.8 Å². The van der Waals surface area contributed by atoms with Crippen LogP contribution in [0.2, 0.25) is 0 Å². The highest BCUT2D eigenvalue weighted by Gasteiger charge is 2.24. The zero-order valence-electron chi connectivity index (χ0n) is 10.3. The second-order valence-corrected chi connectivity index (χ2v) is 5.48. The summed E-state index contributed by atoms with van der Waals surface area (Å²) in [5.41, 5.74) is 0.785. The summed E-state index contributed by atoms with van der Waals surface area (Å²) >= 11 is 1.86. The molecule has 1 heterocycles. The van der Waals surface area contributed by atoms with Crippen LogP contribution in [0, 0.1) is 11.6 Å². The Morgan fingerprint density at radius 3 is 2.89 bits per heavy atom. The average Bonchev–Trinajstić information content (AvgIpc) is 2.41. The molecule has 2 atom stereocenters. The molecule has 1 fully saturated rings. The monoisotopic (exact) mass is 273 g/mol. The highest BCUT2D eigenvalue weighted by atomic mass is 32.2. The first-order valence-corrected chi connectivity index (χ1v) is 7.16. The summed E-state index contributed by atoms with van der Waals surface area (Å²) in [5.74, 6) is 0.373. The molecule has 1 aliphatic rings. The van der Waals surface area contributed by atoms with E-state index in [4.69, 9.17) is 4.74 Å². The molecule has 0 amide bonds. The number of nitrogens with one attached hydrogen (secondary N) is 1. The maximum Gasteiger partial charge on any atom is 0.159 e. The number of halogens is 2. The first kappa shape index (κ1) is 13.8. The molecule has 0 bridgehead atoms. The molecule has 1 aromatic rings. The molecule has 5 heteroatoms. The van der Waals surface area contributed by atoms with Gasteiger partial charge in [-0.15, -0.1) is 0 Å². The fraction of sp³-hybridized carbons (Fsp3) is 0.538. The van der Waals surface area contributed by atoms with Gasteiger partial charge in [0.15, 0.2) is 11.6 Å². The molecule has 0 saturated carbocycles. The standard InChI is InChI=1S/C13H17F2NOS/c1-16-12(13-8-18-5-4-17-13)7-9-2-3-10(14)11(15)6-9/h2-3,6,12-13,16H,4-5,7-8H2,1H3. The average molecular weight is 273 g/mol. The number of hydrogen-bond donors (Lipinski definition) is 1. The molecule has 1 saturated heterocycles. The van der Waals surface area contributed by atoms with Crippen LogP contribution in [-0.4, -0.2) is 37.3 Å². The summed E-state index contributed by atoms with van der Waals surface area (Å²) in [6.07, 6.45) is 0.765. The maximum absolute atomic E-state index is 13.1. The Hall–Kier alpha value is -0.650. The Bertz CT molecular complexity index is 397. The number of thioether (sulfide) groups is 1. The van der Waals surface area contributed by atoms with Crippen molar-refractivity contribution in [2.75, 3.05) is 25.2 Å². The van der Waals surface area contributed by atoms with E-state index in [0.717, 1.165) is 23.7 Å². The highest BCUT2D eigenvalue weighted by Crippen LogP contribution is 2.18. The molecule has 0 spiro atoms. The van der Waals surface area contributed by atoms with Gasteiger partial charge in [-0.05, 0) is 31.2 Å². The minimum Gasteiger partial charge on any atom is -0.375 e. The van der Waals surface area contributed by atoms with E-state index in [-0.39, 0.29) is 12.1 Å². The van der Waals surface area contributed by atoms with E-state index < -0.39 is 11.6 Å². The Morgan fingerprint density at radius 1 is 1.44 bits per heavy atom. The first-order chi connectivity index (χ1) is 8.70. The van der Waals surface area contributed by atoms with Gasteiger partial charge >= 0.3 is 0 Å². The highest BCUT2D eigenvalue weighted by molar-refractivity contribution is 7.99. The van der Waals surface area contributed by atoms with Crippen LogP contribution in [-0.2, 0) is 11.2 Å². The largest absolute Gasteiger partial charge is 0.375 e. The lowest BCUT2D eigenvalue weighted by atomic mass is 10.0. The van der Waals surface area contributed by atoms with Gasteiger partial charge in [0.2, 0.25) is 0 Å². The van der Waals surface area contributed by atoms with Gasteiger partial charge in [-0.2, -0.15) is 11.8 Å². The summed E-state index contributed by atoms with van der Waals surface area (Å²) in [4.78, 5) is 0. The van der Waals surface area contributed by atoms with Crippen LogP contribution in [0.3, 0.4) is 0 Å². The topological polar surface area (TPSA) is 21.3 Å². The Labute approximate surface area is 110 Å². The molecule has 2 unspecified atom stereocenters. The van der Waals surface area contributed by atoms with E-state index in [1.54, 1.807) is 6.07 Å². The molecule has 2 nitrogen and oxygen atoms in total. The molecular formula is C13H17F2NOS. The molecule has 1 N–H and O–H groups in total. The predicted octanol–water partition coefficient (Wildman–Crippen LogP) is 2.23. The smallest absolute Gasteiger partial charge is 0.159 e. The van der Waals surface area contributed by atoms with Crippen molar-refractivity contribution in [2.24, 2.45) is 0 Å². The molecule has 1 aliphatic heterocycles. The van der Waals surface area contributed by atoms with E-state index in [1.165, 1.54) is 12.1 Å². The second-order valence-electron chi connectivity index (χ2n) is 4.33. The van der Waals surface area contributed by atoms with Gasteiger partial charge in [-0.3, -0.25) is 0 Å². The number of ether oxygens (including phenoxy) is 1. The van der Waals surface area contributed by atoms with Crippen LogP contribution in [0.5, 0.6) is 0 Å². The summed E-state index contributed by atoms with van der Waals surface area (Å²) in [7, 11) is 1.87. The van der Waals surface area contributed by atoms with E-state index >= 15 is 0 Å². The van der Waals surface area contributed by atoms with Crippen molar-refractivity contribution in [2.45, 2.75) is 18.6 Å². The van der Waals surface area contributed by atoms with Crippen molar-refractivity contribution in [1.29, 1.82) is 0 Å². The van der Waals surface area contributed by atoms with Crippen molar-refractivity contribution in [3.05, 3.63) is 35.4 Å². The van der Waals surface area contributed by atoms with Crippen molar-refractivity contribution < 1.29 is 13.5 Å². The summed E-state index contributed by atoms with van der Waals surface area (Å²) in [5, 5.41) is 3.20. The van der Waals surface area contributed by atoms with Crippen molar-refractivity contribution in [3.8, 4) is 0 Å². The van der Waals surface area contributed by atoms with Crippen molar-refractivity contribution in [1.82, 2.24) is 5.32 Å². The zero-order chi connectivity index (χ0) is 13.0. The van der Waals surface area contributed by atoms with Crippen LogP contribution in [0.4, 0.5) is 8.78 Å². The summed E-state index contributed by atoms with van der Waals surface area (Å²) < 4.78 is 31.7. The lowest BCUT2D eigenvalue weighted by molar-refractivity contribution is 0.0492. The van der Waals surface area contributed by atoms with Crippen molar-refractivity contribution >= 4 is 11.8 Å². The molecule has 1 aromatic carbocycles. The van der Waals surface area contributed by atoms with E-state index in [0.29, 0.717) is 6.42 Å². The summed E-state index contributed by atoms with van der Waals surface area (Å²) in [6, 6.07) is 4.19. The van der Waals surface area contributed by atoms with Gasteiger partial charge in [-0.25, -0.2) is 8.78 Å². The molecule has 2 rings (SSSR count). The van der Waals surface area contributed by atoms with Crippen LogP contribution >= 0.6 is 11.8 Å². The number of rotatable bonds is 4. The van der Waals surface area contributed by atoms with Gasteiger partial charge in [0, 0.05) is 17.5 Å². The van der Waals surface area contributed by atoms with Crippen LogP contribution < -0.4 is 5.32 Å². The minimum absolute atomic E-state index is 0.127. The van der Waals surface area contributed by atoms with Gasteiger partial charge in [0.1, 0.15) is 0 Å². The number of likely N-dealkylation sites (N-methyl/N-ethyl adjacent to an activating group) is 1. The fourth-order valence-electron chi connectivity index (χ4n) is 2.08. The fourth-order valence-corrected chi connectivity index (χ4v) is 3.02. The number of benzene rings is 1. The molecule has 0 radical (unpaired) electrons. The van der Waals surface area contributed by atoms with Gasteiger partial charge in [-0.1, -0.05) is 6.07 Å². The predicted molar refractivity (Wildman–Crippen MR) is 70.0 cm³/mol. The van der Waals surface area contributed by atoms with Crippen LogP contribution in [0.15, 0.2) is 18.2 Å². The normalized spacial score (nSPS) is 21.8. The molecular weight excluding hydrogens is 256 g/mol. The van der Waals surface area contributed by atoms with Crippen LogP contribution in [0.1, 0.15) is 5.56 Å². The SMILES string of the molecule is CNC(Cc1ccc(F)c(F)c1)C1CSCCO1. The minimum atomic E-state index is -0.802. The third kappa shape index (κ3) is 3.43. The lowest BCUT2D eigenvalue weighted by Gasteiger charge is -2.30. The Balaban J connectivity index is 2.02. The van der Waals surface area contributed by atoms with E-state index in [9.17, 15) is 8.78 Å². The van der Waals surface area contributed by atoms with Gasteiger partial charge in [0.25, 0.3) is 0 Å². The Kier molecular flexibility index (Phi) is 4.97. The van der Waals surface area contributed by atoms with E-state index in [2.05, 4.69) is 5.32 Å². The Morgan fingerprint density at radius 2 is 2.28 bits per heavy atom. The molecule has 18 heavy (non-hydrogen) atoms.